The minimum atomic E-state index is 1.03. The van der Waals surface area contributed by atoms with Crippen molar-refractivity contribution in [3.63, 3.8) is 0 Å². The molecule has 0 bridgehead atoms. The van der Waals surface area contributed by atoms with Crippen LogP contribution in [0.1, 0.15) is 36.0 Å². The molecule has 3 heteroatoms. The molecule has 2 aliphatic heterocycles. The molecule has 1 fully saturated rings. The molecule has 0 aromatic heterocycles. The summed E-state index contributed by atoms with van der Waals surface area (Å²) in [7, 11) is 4.32. The molecule has 0 unspecified atom stereocenters. The smallest absolute Gasteiger partial charge is 0.0444 e. The molecule has 0 N–H and O–H groups in total. The summed E-state index contributed by atoms with van der Waals surface area (Å²) >= 11 is 0. The Labute approximate surface area is 164 Å². The third kappa shape index (κ3) is 4.36. The van der Waals surface area contributed by atoms with Crippen LogP contribution in [0.2, 0.25) is 0 Å². The van der Waals surface area contributed by atoms with E-state index in [2.05, 4.69) is 71.3 Å². The highest BCUT2D eigenvalue weighted by Gasteiger charge is 2.21. The van der Waals surface area contributed by atoms with Gasteiger partial charge in [0.05, 0.1) is 0 Å². The number of anilines is 2. The molecule has 2 heterocycles. The van der Waals surface area contributed by atoms with Gasteiger partial charge in [0.15, 0.2) is 0 Å². The first-order valence-corrected chi connectivity index (χ1v) is 10.5. The van der Waals surface area contributed by atoms with Crippen LogP contribution in [-0.4, -0.2) is 50.1 Å². The zero-order chi connectivity index (χ0) is 18.6. The average molecular weight is 364 g/mol. The van der Waals surface area contributed by atoms with E-state index in [-0.39, 0.29) is 0 Å². The molecule has 144 valence electrons. The van der Waals surface area contributed by atoms with E-state index in [0.717, 1.165) is 32.5 Å². The molecule has 0 amide bonds. The van der Waals surface area contributed by atoms with Crippen LogP contribution in [0, 0.1) is 0 Å². The highest BCUT2D eigenvalue weighted by atomic mass is 15.2. The normalized spacial score (nSPS) is 17.5. The molecule has 4 rings (SSSR count). The highest BCUT2D eigenvalue weighted by molar-refractivity contribution is 5.71. The van der Waals surface area contributed by atoms with Crippen molar-refractivity contribution in [2.24, 2.45) is 0 Å². The van der Waals surface area contributed by atoms with E-state index in [4.69, 9.17) is 0 Å². The van der Waals surface area contributed by atoms with Gasteiger partial charge in [-0.1, -0.05) is 36.8 Å². The van der Waals surface area contributed by atoms with Gasteiger partial charge in [-0.25, -0.2) is 0 Å². The van der Waals surface area contributed by atoms with E-state index in [9.17, 15) is 0 Å². The Balaban J connectivity index is 1.62. The summed E-state index contributed by atoms with van der Waals surface area (Å²) in [5, 5.41) is 0. The number of likely N-dealkylation sites (N-methyl/N-ethyl adjacent to an activating group) is 1. The van der Waals surface area contributed by atoms with Crippen LogP contribution in [0.5, 0.6) is 0 Å². The van der Waals surface area contributed by atoms with Crippen molar-refractivity contribution < 1.29 is 0 Å². The minimum Gasteiger partial charge on any atom is -0.340 e. The number of para-hydroxylation sites is 1. The van der Waals surface area contributed by atoms with Crippen LogP contribution in [0.15, 0.2) is 42.5 Å². The lowest BCUT2D eigenvalue weighted by atomic mass is 10.0. The van der Waals surface area contributed by atoms with E-state index >= 15 is 0 Å². The van der Waals surface area contributed by atoms with Gasteiger partial charge in [0.1, 0.15) is 0 Å². The molecule has 2 aliphatic rings. The number of hydrogen-bond donors (Lipinski definition) is 0. The molecule has 27 heavy (non-hydrogen) atoms. The van der Waals surface area contributed by atoms with Gasteiger partial charge < -0.3 is 9.80 Å². The molecular formula is C24H33N3. The lowest BCUT2D eigenvalue weighted by Gasteiger charge is -2.29. The van der Waals surface area contributed by atoms with Crippen molar-refractivity contribution in [2.75, 3.05) is 45.2 Å². The van der Waals surface area contributed by atoms with Crippen LogP contribution in [0.3, 0.4) is 0 Å². The van der Waals surface area contributed by atoms with Crippen LogP contribution in [0.25, 0.3) is 0 Å². The number of rotatable bonds is 5. The molecule has 0 spiro atoms. The monoisotopic (exact) mass is 363 g/mol. The number of likely N-dealkylation sites (tertiary alicyclic amines) is 1. The molecule has 0 atom stereocenters. The van der Waals surface area contributed by atoms with Crippen molar-refractivity contribution in [3.05, 3.63) is 59.2 Å². The topological polar surface area (TPSA) is 9.72 Å². The first-order valence-electron chi connectivity index (χ1n) is 10.5. The average Bonchev–Trinajstić information content (AvgIpc) is 2.84. The second-order valence-corrected chi connectivity index (χ2v) is 8.38. The number of piperidine rings is 1. The predicted octanol–water partition coefficient (Wildman–Crippen LogP) is 4.47. The van der Waals surface area contributed by atoms with Gasteiger partial charge in [0.25, 0.3) is 0 Å². The van der Waals surface area contributed by atoms with Gasteiger partial charge in [-0.15, -0.1) is 0 Å². The van der Waals surface area contributed by atoms with Crippen LogP contribution < -0.4 is 4.90 Å². The quantitative estimate of drug-likeness (QED) is 0.776. The first-order chi connectivity index (χ1) is 13.2. The Kier molecular flexibility index (Phi) is 5.80. The second-order valence-electron chi connectivity index (χ2n) is 8.38. The summed E-state index contributed by atoms with van der Waals surface area (Å²) in [6, 6.07) is 16.2. The Morgan fingerprint density at radius 3 is 2.41 bits per heavy atom. The minimum absolute atomic E-state index is 1.03. The largest absolute Gasteiger partial charge is 0.340 e. The third-order valence-electron chi connectivity index (χ3n) is 6.01. The van der Waals surface area contributed by atoms with Gasteiger partial charge in [0.2, 0.25) is 0 Å². The predicted molar refractivity (Wildman–Crippen MR) is 115 cm³/mol. The lowest BCUT2D eigenvalue weighted by molar-refractivity contribution is 0.221. The number of fused-ring (bicyclic) bond motifs is 2. The van der Waals surface area contributed by atoms with Crippen molar-refractivity contribution in [1.82, 2.24) is 9.80 Å². The lowest BCUT2D eigenvalue weighted by Crippen LogP contribution is -2.30. The molecule has 1 saturated heterocycles. The van der Waals surface area contributed by atoms with Gasteiger partial charge >= 0.3 is 0 Å². The maximum absolute atomic E-state index is 2.63. The van der Waals surface area contributed by atoms with E-state index in [1.54, 1.807) is 0 Å². The molecule has 0 saturated carbocycles. The summed E-state index contributed by atoms with van der Waals surface area (Å²) in [4.78, 5) is 7.45. The maximum Gasteiger partial charge on any atom is 0.0444 e. The van der Waals surface area contributed by atoms with E-state index < -0.39 is 0 Å². The fourth-order valence-corrected chi connectivity index (χ4v) is 4.50. The molecular weight excluding hydrogens is 330 g/mol. The molecule has 0 radical (unpaired) electrons. The number of benzene rings is 2. The Hall–Kier alpha value is -1.84. The van der Waals surface area contributed by atoms with Crippen LogP contribution in [0.4, 0.5) is 11.4 Å². The van der Waals surface area contributed by atoms with Gasteiger partial charge in [-0.05, 0) is 81.7 Å². The molecule has 0 aliphatic carbocycles. The number of aryl methyl sites for hydroxylation is 2. The van der Waals surface area contributed by atoms with Gasteiger partial charge in [-0.3, -0.25) is 4.90 Å². The molecule has 2 aromatic rings. The summed E-state index contributed by atoms with van der Waals surface area (Å²) in [6.45, 7) is 5.72. The Bertz CT molecular complexity index is 762. The standard InChI is InChI=1S/C24H33N3/c1-25(2)16-17-27-23-9-5-4-8-21(23)11-12-22-18-20(10-13-24(22)27)19-26-14-6-3-7-15-26/h4-5,8-10,13,18H,3,6-7,11-12,14-17,19H2,1-2H3. The zero-order valence-corrected chi connectivity index (χ0v) is 17.0. The maximum atomic E-state index is 2.63. The van der Waals surface area contributed by atoms with Gasteiger partial charge in [-0.2, -0.15) is 0 Å². The fraction of sp³-hybridized carbons (Fsp3) is 0.500. The van der Waals surface area contributed by atoms with Crippen LogP contribution >= 0.6 is 0 Å². The van der Waals surface area contributed by atoms with Crippen molar-refractivity contribution >= 4 is 11.4 Å². The highest BCUT2D eigenvalue weighted by Crippen LogP contribution is 2.36. The molecule has 2 aromatic carbocycles. The van der Waals surface area contributed by atoms with E-state index in [1.807, 2.05) is 0 Å². The summed E-state index contributed by atoms with van der Waals surface area (Å²) in [6.07, 6.45) is 6.39. The first kappa shape index (κ1) is 18.5. The number of hydrogen-bond acceptors (Lipinski definition) is 3. The van der Waals surface area contributed by atoms with Crippen molar-refractivity contribution in [2.45, 2.75) is 38.6 Å². The van der Waals surface area contributed by atoms with Crippen molar-refractivity contribution in [3.8, 4) is 0 Å². The van der Waals surface area contributed by atoms with Gasteiger partial charge in [0, 0.05) is 31.0 Å². The summed E-state index contributed by atoms with van der Waals surface area (Å²) in [5.74, 6) is 0. The van der Waals surface area contributed by atoms with Crippen molar-refractivity contribution in [1.29, 1.82) is 0 Å². The SMILES string of the molecule is CN(C)CCN1c2ccccc2CCc2cc(CN3CCCCC3)ccc21. The molecule has 3 nitrogen and oxygen atoms in total. The number of nitrogens with zero attached hydrogens (tertiary/aromatic N) is 3. The fourth-order valence-electron chi connectivity index (χ4n) is 4.50. The zero-order valence-electron chi connectivity index (χ0n) is 17.0. The Morgan fingerprint density at radius 2 is 1.59 bits per heavy atom. The van der Waals surface area contributed by atoms with Crippen LogP contribution in [-0.2, 0) is 19.4 Å². The summed E-state index contributed by atoms with van der Waals surface area (Å²) in [5.41, 5.74) is 7.27. The van der Waals surface area contributed by atoms with E-state index in [0.29, 0.717) is 0 Å². The van der Waals surface area contributed by atoms with E-state index in [1.165, 1.54) is 60.4 Å². The second kappa shape index (κ2) is 8.45. The summed E-state index contributed by atoms with van der Waals surface area (Å²) < 4.78 is 0. The Morgan fingerprint density at radius 1 is 0.852 bits per heavy atom. The third-order valence-corrected chi connectivity index (χ3v) is 6.01.